The van der Waals surface area contributed by atoms with Gasteiger partial charge < -0.3 is 19.5 Å². The Kier molecular flexibility index (Phi) is 11.2. The van der Waals surface area contributed by atoms with Crippen LogP contribution in [0.4, 0.5) is 0 Å². The lowest BCUT2D eigenvalue weighted by Crippen LogP contribution is -2.26. The molecule has 6 nitrogen and oxygen atoms in total. The molecule has 0 aromatic heterocycles. The molecule has 0 aliphatic rings. The molecule has 0 saturated heterocycles. The van der Waals surface area contributed by atoms with E-state index in [1.54, 1.807) is 0 Å². The van der Waals surface area contributed by atoms with Gasteiger partial charge in [-0.1, -0.05) is 15.9 Å². The van der Waals surface area contributed by atoms with Crippen LogP contribution in [0, 0.1) is 0 Å². The quantitative estimate of drug-likeness (QED) is 0.362. The Bertz CT molecular complexity index is 339. The van der Waals surface area contributed by atoms with E-state index in [2.05, 4.69) is 21.2 Å². The van der Waals surface area contributed by atoms with Gasteiger partial charge in [-0.2, -0.15) is 0 Å². The summed E-state index contributed by atoms with van der Waals surface area (Å²) in [5, 5.41) is 2.64. The molecule has 21 heavy (non-hydrogen) atoms. The van der Waals surface area contributed by atoms with Gasteiger partial charge in [0, 0.05) is 12.6 Å². The highest BCUT2D eigenvalue weighted by atomic mass is 79.9. The van der Waals surface area contributed by atoms with Gasteiger partial charge in [-0.15, -0.1) is 0 Å². The standard InChI is InChI=1S/C14H24BrNO5/c1-14(2,3)21-13(18)5-8-19-10-11-20-9-7-16-12(17)4-6-15/h4,6H,5,7-11H2,1-3H3,(H,16,17). The van der Waals surface area contributed by atoms with E-state index < -0.39 is 5.60 Å². The number of ether oxygens (including phenoxy) is 3. The second-order valence-corrected chi connectivity index (χ2v) is 5.67. The summed E-state index contributed by atoms with van der Waals surface area (Å²) in [4.78, 5) is 23.9. The van der Waals surface area contributed by atoms with Crippen molar-refractivity contribution in [2.75, 3.05) is 33.0 Å². The number of esters is 1. The minimum absolute atomic E-state index is 0.177. The van der Waals surface area contributed by atoms with E-state index >= 15 is 0 Å². The van der Waals surface area contributed by atoms with Crippen LogP contribution in [0.15, 0.2) is 11.1 Å². The van der Waals surface area contributed by atoms with Crippen LogP contribution >= 0.6 is 15.9 Å². The summed E-state index contributed by atoms with van der Waals surface area (Å²) in [7, 11) is 0. The Morgan fingerprint density at radius 3 is 2.29 bits per heavy atom. The molecule has 0 unspecified atom stereocenters. The average molecular weight is 366 g/mol. The van der Waals surface area contributed by atoms with Crippen molar-refractivity contribution in [2.24, 2.45) is 0 Å². The van der Waals surface area contributed by atoms with E-state index in [1.807, 2.05) is 20.8 Å². The largest absolute Gasteiger partial charge is 0.460 e. The van der Waals surface area contributed by atoms with Crippen LogP contribution in [0.3, 0.4) is 0 Å². The Labute approximate surface area is 134 Å². The molecule has 1 N–H and O–H groups in total. The zero-order chi connectivity index (χ0) is 16.1. The summed E-state index contributed by atoms with van der Waals surface area (Å²) < 4.78 is 15.7. The zero-order valence-corrected chi connectivity index (χ0v) is 14.4. The van der Waals surface area contributed by atoms with Crippen molar-refractivity contribution in [3.63, 3.8) is 0 Å². The monoisotopic (exact) mass is 365 g/mol. The molecule has 0 aromatic rings. The van der Waals surface area contributed by atoms with Gasteiger partial charge in [0.1, 0.15) is 5.60 Å². The summed E-state index contributed by atoms with van der Waals surface area (Å²) in [6.45, 7) is 7.46. The Hall–Kier alpha value is -0.920. The summed E-state index contributed by atoms with van der Waals surface area (Å²) in [6.07, 6.45) is 1.60. The molecule has 0 rings (SSSR count). The fraction of sp³-hybridized carbons (Fsp3) is 0.714. The lowest BCUT2D eigenvalue weighted by molar-refractivity contribution is -0.156. The van der Waals surface area contributed by atoms with Crippen molar-refractivity contribution in [1.82, 2.24) is 5.32 Å². The summed E-state index contributed by atoms with van der Waals surface area (Å²) in [6, 6.07) is 0. The van der Waals surface area contributed by atoms with Crippen LogP contribution < -0.4 is 5.32 Å². The van der Waals surface area contributed by atoms with Crippen LogP contribution in [0.25, 0.3) is 0 Å². The minimum atomic E-state index is -0.464. The van der Waals surface area contributed by atoms with Crippen molar-refractivity contribution in [3.05, 3.63) is 11.1 Å². The number of halogens is 1. The maximum atomic E-state index is 11.4. The fourth-order valence-electron chi connectivity index (χ4n) is 1.23. The number of amides is 1. The van der Waals surface area contributed by atoms with Crippen LogP contribution in [-0.2, 0) is 23.8 Å². The van der Waals surface area contributed by atoms with Crippen molar-refractivity contribution in [3.8, 4) is 0 Å². The number of carbonyl (C=O) groups excluding carboxylic acids is 2. The molecule has 122 valence electrons. The number of nitrogens with one attached hydrogen (secondary N) is 1. The predicted molar refractivity (Wildman–Crippen MR) is 83.2 cm³/mol. The first-order valence-corrected chi connectivity index (χ1v) is 7.68. The zero-order valence-electron chi connectivity index (χ0n) is 12.8. The highest BCUT2D eigenvalue weighted by molar-refractivity contribution is 9.11. The molecule has 0 saturated carbocycles. The third-order valence-electron chi connectivity index (χ3n) is 2.00. The molecule has 0 bridgehead atoms. The van der Waals surface area contributed by atoms with Crippen molar-refractivity contribution < 1.29 is 23.8 Å². The number of rotatable bonds is 10. The number of hydrogen-bond donors (Lipinski definition) is 1. The lowest BCUT2D eigenvalue weighted by atomic mass is 10.2. The molecule has 0 aromatic carbocycles. The topological polar surface area (TPSA) is 73.9 Å². The molecule has 0 atom stereocenters. The molecule has 0 heterocycles. The van der Waals surface area contributed by atoms with Crippen LogP contribution in [0.2, 0.25) is 0 Å². The second-order valence-electron chi connectivity index (χ2n) is 5.14. The normalized spacial score (nSPS) is 11.6. The summed E-state index contributed by atoms with van der Waals surface area (Å²) in [5.74, 6) is -0.449. The highest BCUT2D eigenvalue weighted by Gasteiger charge is 2.15. The van der Waals surface area contributed by atoms with Crippen molar-refractivity contribution in [2.45, 2.75) is 32.8 Å². The average Bonchev–Trinajstić information content (AvgIpc) is 2.35. The minimum Gasteiger partial charge on any atom is -0.460 e. The summed E-state index contributed by atoms with van der Waals surface area (Å²) >= 11 is 3.01. The van der Waals surface area contributed by atoms with Crippen molar-refractivity contribution >= 4 is 27.8 Å². The van der Waals surface area contributed by atoms with Gasteiger partial charge in [-0.3, -0.25) is 9.59 Å². The molecule has 0 radical (unpaired) electrons. The molecule has 1 amide bonds. The van der Waals surface area contributed by atoms with E-state index in [9.17, 15) is 9.59 Å². The van der Waals surface area contributed by atoms with Gasteiger partial charge in [0.05, 0.1) is 32.8 Å². The number of carbonyl (C=O) groups is 2. The SMILES string of the molecule is CC(C)(C)OC(=O)CCOCCOCCNC(=O)C=CBr. The predicted octanol–water partition coefficient (Wildman–Crippen LogP) is 1.78. The van der Waals surface area contributed by atoms with Crippen LogP contribution in [0.1, 0.15) is 27.2 Å². The molecule has 0 aliphatic carbocycles. The first-order valence-electron chi connectivity index (χ1n) is 6.77. The molecule has 0 fully saturated rings. The summed E-state index contributed by atoms with van der Waals surface area (Å²) in [5.41, 5.74) is -0.464. The van der Waals surface area contributed by atoms with E-state index in [4.69, 9.17) is 14.2 Å². The highest BCUT2D eigenvalue weighted by Crippen LogP contribution is 2.07. The molecular formula is C14H24BrNO5. The third-order valence-corrected chi connectivity index (χ3v) is 2.27. The van der Waals surface area contributed by atoms with Gasteiger partial charge in [-0.25, -0.2) is 0 Å². The molecular weight excluding hydrogens is 342 g/mol. The third kappa shape index (κ3) is 15.3. The number of hydrogen-bond acceptors (Lipinski definition) is 5. The Morgan fingerprint density at radius 1 is 1.10 bits per heavy atom. The van der Waals surface area contributed by atoms with Crippen molar-refractivity contribution in [1.29, 1.82) is 0 Å². The van der Waals surface area contributed by atoms with Gasteiger partial charge in [0.15, 0.2) is 0 Å². The maximum Gasteiger partial charge on any atom is 0.308 e. The first kappa shape index (κ1) is 20.1. The maximum absolute atomic E-state index is 11.4. The van der Waals surface area contributed by atoms with E-state index in [-0.39, 0.29) is 18.3 Å². The van der Waals surface area contributed by atoms with Crippen LogP contribution in [-0.4, -0.2) is 50.4 Å². The molecule has 7 heteroatoms. The lowest BCUT2D eigenvalue weighted by Gasteiger charge is -2.19. The van der Waals surface area contributed by atoms with E-state index in [0.29, 0.717) is 33.0 Å². The van der Waals surface area contributed by atoms with Gasteiger partial charge in [0.25, 0.3) is 0 Å². The van der Waals surface area contributed by atoms with Gasteiger partial charge in [-0.05, 0) is 25.8 Å². The van der Waals surface area contributed by atoms with Gasteiger partial charge >= 0.3 is 5.97 Å². The Balaban J connectivity index is 3.33. The van der Waals surface area contributed by atoms with E-state index in [0.717, 1.165) is 0 Å². The smallest absolute Gasteiger partial charge is 0.308 e. The second kappa shape index (κ2) is 11.7. The molecule has 0 aliphatic heterocycles. The Morgan fingerprint density at radius 2 is 1.71 bits per heavy atom. The van der Waals surface area contributed by atoms with Gasteiger partial charge in [0.2, 0.25) is 5.91 Å². The first-order chi connectivity index (χ1) is 9.85. The van der Waals surface area contributed by atoms with E-state index in [1.165, 1.54) is 11.1 Å². The molecule has 0 spiro atoms. The van der Waals surface area contributed by atoms with Crippen LogP contribution in [0.5, 0.6) is 0 Å². The fourth-order valence-corrected chi connectivity index (χ4v) is 1.47.